The Morgan fingerprint density at radius 1 is 1.00 bits per heavy atom. The van der Waals surface area contributed by atoms with Gasteiger partial charge in [0.25, 0.3) is 0 Å². The fraction of sp³-hybridized carbons (Fsp3) is 0.333. The number of thiophene rings is 1. The maximum Gasteiger partial charge on any atom is 0.203 e. The molecule has 2 rings (SSSR count). The second-order valence-electron chi connectivity index (χ2n) is 4.23. The quantitative estimate of drug-likeness (QED) is 0.852. The molecule has 2 aromatic rings. The van der Waals surface area contributed by atoms with E-state index in [1.54, 1.807) is 32.7 Å². The first kappa shape index (κ1) is 15.5. The summed E-state index contributed by atoms with van der Waals surface area (Å²) in [4.78, 5) is 1.03. The third-order valence-corrected chi connectivity index (χ3v) is 3.93. The molecule has 0 spiro atoms. The van der Waals surface area contributed by atoms with Crippen molar-refractivity contribution in [3.05, 3.63) is 34.0 Å². The zero-order valence-electron chi connectivity index (χ0n) is 12.3. The third kappa shape index (κ3) is 3.40. The summed E-state index contributed by atoms with van der Waals surface area (Å²) in [6.45, 7) is 0.878. The van der Waals surface area contributed by atoms with Crippen LogP contribution in [0.3, 0.4) is 0 Å². The first-order chi connectivity index (χ1) is 10.2. The van der Waals surface area contributed by atoms with Gasteiger partial charge in [0.1, 0.15) is 12.4 Å². The third-order valence-electron chi connectivity index (χ3n) is 3.01. The van der Waals surface area contributed by atoms with E-state index in [0.717, 1.165) is 16.2 Å². The van der Waals surface area contributed by atoms with Crippen LogP contribution in [-0.4, -0.2) is 21.3 Å². The van der Waals surface area contributed by atoms with Gasteiger partial charge in [-0.05, 0) is 29.1 Å². The Balaban J connectivity index is 2.20. The van der Waals surface area contributed by atoms with Crippen LogP contribution in [0.1, 0.15) is 10.4 Å². The van der Waals surface area contributed by atoms with Gasteiger partial charge in [-0.2, -0.15) is 0 Å². The molecule has 0 bridgehead atoms. The van der Waals surface area contributed by atoms with Crippen molar-refractivity contribution in [2.75, 3.05) is 21.3 Å². The lowest BCUT2D eigenvalue weighted by molar-refractivity contribution is 0.297. The average molecular weight is 309 g/mol. The Morgan fingerprint density at radius 3 is 2.19 bits per heavy atom. The molecule has 21 heavy (non-hydrogen) atoms. The van der Waals surface area contributed by atoms with E-state index in [1.165, 1.54) is 0 Å². The van der Waals surface area contributed by atoms with Gasteiger partial charge in [-0.3, -0.25) is 0 Å². The van der Waals surface area contributed by atoms with Gasteiger partial charge in [0.2, 0.25) is 5.75 Å². The Hall–Kier alpha value is -1.92. The van der Waals surface area contributed by atoms with Gasteiger partial charge in [-0.15, -0.1) is 11.3 Å². The molecular weight excluding hydrogens is 290 g/mol. The van der Waals surface area contributed by atoms with Crippen LogP contribution in [0, 0.1) is 0 Å². The number of rotatable bonds is 7. The van der Waals surface area contributed by atoms with E-state index in [4.69, 9.17) is 24.7 Å². The van der Waals surface area contributed by atoms with Crippen molar-refractivity contribution in [1.82, 2.24) is 0 Å². The van der Waals surface area contributed by atoms with Crippen molar-refractivity contribution in [1.29, 1.82) is 0 Å². The second-order valence-corrected chi connectivity index (χ2v) is 5.24. The predicted molar refractivity (Wildman–Crippen MR) is 82.6 cm³/mol. The molecule has 0 atom stereocenters. The molecule has 0 radical (unpaired) electrons. The normalized spacial score (nSPS) is 10.3. The largest absolute Gasteiger partial charge is 0.493 e. The van der Waals surface area contributed by atoms with Crippen molar-refractivity contribution in [3.63, 3.8) is 0 Å². The molecule has 1 heterocycles. The minimum atomic E-state index is 0.403. The van der Waals surface area contributed by atoms with E-state index < -0.39 is 0 Å². The van der Waals surface area contributed by atoms with Gasteiger partial charge < -0.3 is 24.7 Å². The van der Waals surface area contributed by atoms with E-state index in [0.29, 0.717) is 30.4 Å². The number of hydrogen-bond donors (Lipinski definition) is 1. The van der Waals surface area contributed by atoms with Crippen LogP contribution in [0.15, 0.2) is 23.6 Å². The monoisotopic (exact) mass is 309 g/mol. The molecule has 1 aromatic heterocycles. The summed E-state index contributed by atoms with van der Waals surface area (Å²) in [6, 6.07) is 5.66. The summed E-state index contributed by atoms with van der Waals surface area (Å²) in [7, 11) is 4.76. The SMILES string of the molecule is COc1cc(COc2ccsc2CN)cc(OC)c1OC. The van der Waals surface area contributed by atoms with E-state index in [-0.39, 0.29) is 0 Å². The first-order valence-corrected chi connectivity index (χ1v) is 7.29. The molecule has 0 aliphatic carbocycles. The lowest BCUT2D eigenvalue weighted by atomic mass is 10.2. The highest BCUT2D eigenvalue weighted by Gasteiger charge is 2.14. The Bertz CT molecular complexity index is 572. The summed E-state index contributed by atoms with van der Waals surface area (Å²) in [5.41, 5.74) is 6.60. The van der Waals surface area contributed by atoms with Gasteiger partial charge >= 0.3 is 0 Å². The molecule has 5 nitrogen and oxygen atoms in total. The molecule has 114 valence electrons. The van der Waals surface area contributed by atoms with E-state index >= 15 is 0 Å². The van der Waals surface area contributed by atoms with Crippen molar-refractivity contribution in [3.8, 4) is 23.0 Å². The number of ether oxygens (including phenoxy) is 4. The zero-order chi connectivity index (χ0) is 15.2. The van der Waals surface area contributed by atoms with E-state index in [1.807, 2.05) is 23.6 Å². The lowest BCUT2D eigenvalue weighted by Gasteiger charge is -2.14. The lowest BCUT2D eigenvalue weighted by Crippen LogP contribution is -2.02. The molecule has 0 saturated carbocycles. The Kier molecular flexibility index (Phi) is 5.30. The van der Waals surface area contributed by atoms with Crippen molar-refractivity contribution < 1.29 is 18.9 Å². The molecule has 0 aliphatic heterocycles. The van der Waals surface area contributed by atoms with Gasteiger partial charge in [-0.1, -0.05) is 0 Å². The van der Waals surface area contributed by atoms with E-state index in [9.17, 15) is 0 Å². The average Bonchev–Trinajstić information content (AvgIpc) is 2.99. The van der Waals surface area contributed by atoms with Gasteiger partial charge in [-0.25, -0.2) is 0 Å². The fourth-order valence-corrected chi connectivity index (χ4v) is 2.68. The summed E-state index contributed by atoms with van der Waals surface area (Å²) >= 11 is 1.59. The highest BCUT2D eigenvalue weighted by atomic mass is 32.1. The number of hydrogen-bond acceptors (Lipinski definition) is 6. The summed E-state index contributed by atoms with van der Waals surface area (Å²) in [5.74, 6) is 2.61. The highest BCUT2D eigenvalue weighted by molar-refractivity contribution is 7.10. The van der Waals surface area contributed by atoms with Crippen LogP contribution in [0.5, 0.6) is 23.0 Å². The van der Waals surface area contributed by atoms with Crippen LogP contribution in [0.4, 0.5) is 0 Å². The first-order valence-electron chi connectivity index (χ1n) is 6.41. The molecule has 0 unspecified atom stereocenters. The molecule has 0 aliphatic rings. The number of benzene rings is 1. The van der Waals surface area contributed by atoms with Crippen LogP contribution >= 0.6 is 11.3 Å². The summed E-state index contributed by atoms with van der Waals surface area (Å²) in [5, 5.41) is 1.96. The molecule has 0 saturated heterocycles. The van der Waals surface area contributed by atoms with Crippen LogP contribution in [0.2, 0.25) is 0 Å². The van der Waals surface area contributed by atoms with Crippen LogP contribution < -0.4 is 24.7 Å². The smallest absolute Gasteiger partial charge is 0.203 e. The molecule has 0 fully saturated rings. The van der Waals surface area contributed by atoms with Crippen LogP contribution in [0.25, 0.3) is 0 Å². The second kappa shape index (κ2) is 7.19. The minimum Gasteiger partial charge on any atom is -0.493 e. The van der Waals surface area contributed by atoms with Crippen molar-refractivity contribution >= 4 is 11.3 Å². The minimum absolute atomic E-state index is 0.403. The van der Waals surface area contributed by atoms with E-state index in [2.05, 4.69) is 0 Å². The van der Waals surface area contributed by atoms with Crippen LogP contribution in [-0.2, 0) is 13.2 Å². The predicted octanol–water partition coefficient (Wildman–Crippen LogP) is 2.81. The number of nitrogens with two attached hydrogens (primary N) is 1. The summed E-state index contributed by atoms with van der Waals surface area (Å²) < 4.78 is 21.7. The van der Waals surface area contributed by atoms with Gasteiger partial charge in [0, 0.05) is 6.54 Å². The fourth-order valence-electron chi connectivity index (χ4n) is 1.99. The summed E-state index contributed by atoms with van der Waals surface area (Å²) in [6.07, 6.45) is 0. The molecule has 2 N–H and O–H groups in total. The maximum atomic E-state index is 5.81. The van der Waals surface area contributed by atoms with Gasteiger partial charge in [0.05, 0.1) is 26.2 Å². The standard InChI is InChI=1S/C15H19NO4S/c1-17-12-6-10(7-13(18-2)15(12)19-3)9-20-11-4-5-21-14(11)8-16/h4-7H,8-9,16H2,1-3H3. The zero-order valence-corrected chi connectivity index (χ0v) is 13.2. The van der Waals surface area contributed by atoms with Gasteiger partial charge in [0.15, 0.2) is 11.5 Å². The Labute approximate surface area is 128 Å². The molecular formula is C15H19NO4S. The Morgan fingerprint density at radius 2 is 1.67 bits per heavy atom. The maximum absolute atomic E-state index is 5.81. The van der Waals surface area contributed by atoms with Crippen molar-refractivity contribution in [2.45, 2.75) is 13.2 Å². The topological polar surface area (TPSA) is 62.9 Å². The number of methoxy groups -OCH3 is 3. The highest BCUT2D eigenvalue weighted by Crippen LogP contribution is 2.38. The molecule has 1 aromatic carbocycles. The molecule has 6 heteroatoms. The van der Waals surface area contributed by atoms with Crippen molar-refractivity contribution in [2.24, 2.45) is 5.73 Å². The molecule has 0 amide bonds.